The molecule has 47 heavy (non-hydrogen) atoms. The summed E-state index contributed by atoms with van der Waals surface area (Å²) in [5.74, 6) is 0. The van der Waals surface area contributed by atoms with Crippen molar-refractivity contribution in [2.45, 2.75) is 38.5 Å². The molecule has 1 heteroatoms. The summed E-state index contributed by atoms with van der Waals surface area (Å²) in [6.07, 6.45) is 0. The van der Waals surface area contributed by atoms with Crippen molar-refractivity contribution in [2.75, 3.05) is 4.90 Å². The maximum absolute atomic E-state index is 2.49. The van der Waals surface area contributed by atoms with Gasteiger partial charge in [-0.2, -0.15) is 0 Å². The molecule has 0 fully saturated rings. The van der Waals surface area contributed by atoms with E-state index in [0.29, 0.717) is 0 Å². The molecule has 9 rings (SSSR count). The standard InChI is InChI=1S/C46H37N/c1-45(2)41-22-11-8-18-36(41)39-28-31(25-27-42(39)45)47(32-24-26-37-35-17-7-10-21-40(35)46(3,4)43(37)29-32)44-23-12-9-19-38(44)34-20-13-15-30-14-5-6-16-33(30)34/h5-29H,1-4H3. The van der Waals surface area contributed by atoms with E-state index >= 15 is 0 Å². The Morgan fingerprint density at radius 1 is 0.362 bits per heavy atom. The highest BCUT2D eigenvalue weighted by Crippen LogP contribution is 2.53. The third-order valence-electron chi connectivity index (χ3n) is 10.9. The van der Waals surface area contributed by atoms with Crippen molar-refractivity contribution in [3.8, 4) is 33.4 Å². The maximum Gasteiger partial charge on any atom is 0.0540 e. The smallest absolute Gasteiger partial charge is 0.0540 e. The fourth-order valence-electron chi connectivity index (χ4n) is 8.46. The minimum atomic E-state index is -0.0936. The van der Waals surface area contributed by atoms with Gasteiger partial charge in [0.25, 0.3) is 0 Å². The lowest BCUT2D eigenvalue weighted by Crippen LogP contribution is -2.17. The number of rotatable bonds is 4. The van der Waals surface area contributed by atoms with Gasteiger partial charge >= 0.3 is 0 Å². The van der Waals surface area contributed by atoms with Crippen molar-refractivity contribution in [3.63, 3.8) is 0 Å². The molecule has 0 unspecified atom stereocenters. The van der Waals surface area contributed by atoms with Gasteiger partial charge in [0.1, 0.15) is 0 Å². The molecule has 226 valence electrons. The van der Waals surface area contributed by atoms with Crippen LogP contribution in [-0.4, -0.2) is 0 Å². The minimum Gasteiger partial charge on any atom is -0.310 e. The lowest BCUT2D eigenvalue weighted by atomic mass is 9.82. The fraction of sp³-hybridized carbons (Fsp3) is 0.130. The molecule has 0 heterocycles. The van der Waals surface area contributed by atoms with Gasteiger partial charge in [-0.1, -0.05) is 149 Å². The number of nitrogens with zero attached hydrogens (tertiary/aromatic N) is 1. The molecule has 0 atom stereocenters. The van der Waals surface area contributed by atoms with E-state index in [1.54, 1.807) is 0 Å². The third-order valence-corrected chi connectivity index (χ3v) is 10.9. The largest absolute Gasteiger partial charge is 0.310 e. The van der Waals surface area contributed by atoms with E-state index in [0.717, 1.165) is 5.69 Å². The number of hydrogen-bond acceptors (Lipinski definition) is 1. The number of hydrogen-bond donors (Lipinski definition) is 0. The van der Waals surface area contributed by atoms with Gasteiger partial charge in [0.05, 0.1) is 5.69 Å². The van der Waals surface area contributed by atoms with Gasteiger partial charge in [-0.3, -0.25) is 0 Å². The van der Waals surface area contributed by atoms with E-state index < -0.39 is 0 Å². The normalized spacial score (nSPS) is 14.7. The maximum atomic E-state index is 2.49. The molecule has 0 aromatic heterocycles. The Bertz CT molecular complexity index is 2370. The van der Waals surface area contributed by atoms with Crippen molar-refractivity contribution >= 4 is 27.8 Å². The second-order valence-corrected chi connectivity index (χ2v) is 14.2. The van der Waals surface area contributed by atoms with Gasteiger partial charge in [0.2, 0.25) is 0 Å². The summed E-state index contributed by atoms with van der Waals surface area (Å²) in [4.78, 5) is 2.49. The van der Waals surface area contributed by atoms with Crippen LogP contribution in [0.2, 0.25) is 0 Å². The predicted molar refractivity (Wildman–Crippen MR) is 199 cm³/mol. The van der Waals surface area contributed by atoms with Gasteiger partial charge in [-0.15, -0.1) is 0 Å². The van der Waals surface area contributed by atoms with Crippen LogP contribution in [0.1, 0.15) is 49.9 Å². The van der Waals surface area contributed by atoms with Crippen LogP contribution < -0.4 is 4.90 Å². The van der Waals surface area contributed by atoms with Crippen molar-refractivity contribution in [3.05, 3.63) is 174 Å². The van der Waals surface area contributed by atoms with E-state index in [1.807, 2.05) is 0 Å². The summed E-state index contributed by atoms with van der Waals surface area (Å²) < 4.78 is 0. The second kappa shape index (κ2) is 10.0. The Kier molecular flexibility index (Phi) is 5.96. The van der Waals surface area contributed by atoms with Crippen LogP contribution >= 0.6 is 0 Å². The molecule has 0 radical (unpaired) electrons. The van der Waals surface area contributed by atoms with Crippen LogP contribution in [0.5, 0.6) is 0 Å². The molecule has 1 nitrogen and oxygen atoms in total. The summed E-state index contributed by atoms with van der Waals surface area (Å²) in [6, 6.07) is 56.4. The van der Waals surface area contributed by atoms with Gasteiger partial charge < -0.3 is 4.90 Å². The monoisotopic (exact) mass is 603 g/mol. The zero-order chi connectivity index (χ0) is 31.9. The average Bonchev–Trinajstić information content (AvgIpc) is 3.48. The minimum absolute atomic E-state index is 0.0421. The highest BCUT2D eigenvalue weighted by Gasteiger charge is 2.37. The van der Waals surface area contributed by atoms with Crippen LogP contribution in [0.4, 0.5) is 17.1 Å². The first kappa shape index (κ1) is 27.9. The van der Waals surface area contributed by atoms with E-state index in [-0.39, 0.29) is 10.8 Å². The lowest BCUT2D eigenvalue weighted by Gasteiger charge is -2.30. The molecule has 0 aliphatic heterocycles. The quantitative estimate of drug-likeness (QED) is 0.193. The first-order chi connectivity index (χ1) is 22.8. The highest BCUT2D eigenvalue weighted by atomic mass is 15.1. The van der Waals surface area contributed by atoms with Crippen LogP contribution in [0.25, 0.3) is 44.2 Å². The molecule has 0 spiro atoms. The summed E-state index contributed by atoms with van der Waals surface area (Å²) in [5, 5.41) is 2.51. The molecule has 0 saturated heterocycles. The number of benzene rings is 7. The van der Waals surface area contributed by atoms with Gasteiger partial charge in [-0.05, 0) is 91.2 Å². The Balaban J connectivity index is 1.30. The molecule has 2 aliphatic carbocycles. The third kappa shape index (κ3) is 4.02. The fourth-order valence-corrected chi connectivity index (χ4v) is 8.46. The zero-order valence-corrected chi connectivity index (χ0v) is 27.4. The van der Waals surface area contributed by atoms with Crippen LogP contribution in [0.3, 0.4) is 0 Å². The molecule has 7 aromatic carbocycles. The Morgan fingerprint density at radius 2 is 0.872 bits per heavy atom. The lowest BCUT2D eigenvalue weighted by molar-refractivity contribution is 0.660. The molecule has 2 aliphatic rings. The average molecular weight is 604 g/mol. The van der Waals surface area contributed by atoms with Crippen LogP contribution in [-0.2, 0) is 10.8 Å². The highest BCUT2D eigenvalue weighted by molar-refractivity contribution is 6.02. The van der Waals surface area contributed by atoms with E-state index in [4.69, 9.17) is 0 Å². The predicted octanol–water partition coefficient (Wildman–Crippen LogP) is 12.6. The number of anilines is 3. The molecule has 0 N–H and O–H groups in total. The van der Waals surface area contributed by atoms with Crippen molar-refractivity contribution in [1.82, 2.24) is 0 Å². The first-order valence-corrected chi connectivity index (χ1v) is 16.7. The van der Waals surface area contributed by atoms with Crippen LogP contribution in [0.15, 0.2) is 152 Å². The summed E-state index contributed by atoms with van der Waals surface area (Å²) in [5.41, 5.74) is 16.7. The molecule has 0 saturated carbocycles. The van der Waals surface area contributed by atoms with Crippen molar-refractivity contribution in [1.29, 1.82) is 0 Å². The van der Waals surface area contributed by atoms with Crippen molar-refractivity contribution < 1.29 is 0 Å². The SMILES string of the molecule is CC1(C)c2ccccc2-c2cc(N(c3ccc4c(c3)C(C)(C)c3ccccc3-4)c3ccccc3-c3cccc4ccccc34)ccc21. The number of para-hydroxylation sites is 1. The van der Waals surface area contributed by atoms with Gasteiger partial charge in [-0.25, -0.2) is 0 Å². The second-order valence-electron chi connectivity index (χ2n) is 14.2. The van der Waals surface area contributed by atoms with Crippen LogP contribution in [0, 0.1) is 0 Å². The van der Waals surface area contributed by atoms with Gasteiger partial charge in [0, 0.05) is 27.8 Å². The summed E-state index contributed by atoms with van der Waals surface area (Å²) in [6.45, 7) is 9.44. The topological polar surface area (TPSA) is 3.24 Å². The van der Waals surface area contributed by atoms with E-state index in [2.05, 4.69) is 184 Å². The first-order valence-electron chi connectivity index (χ1n) is 16.7. The Hall–Kier alpha value is -5.40. The summed E-state index contributed by atoms with van der Waals surface area (Å²) >= 11 is 0. The molecular weight excluding hydrogens is 567 g/mol. The summed E-state index contributed by atoms with van der Waals surface area (Å²) in [7, 11) is 0. The molecular formula is C46H37N. The van der Waals surface area contributed by atoms with E-state index in [1.165, 1.54) is 77.8 Å². The van der Waals surface area contributed by atoms with Crippen molar-refractivity contribution in [2.24, 2.45) is 0 Å². The zero-order valence-electron chi connectivity index (χ0n) is 27.4. The number of fused-ring (bicyclic) bond motifs is 7. The van der Waals surface area contributed by atoms with Gasteiger partial charge in [0.15, 0.2) is 0 Å². The Morgan fingerprint density at radius 3 is 1.66 bits per heavy atom. The Labute approximate surface area is 277 Å². The molecule has 0 bridgehead atoms. The molecule has 7 aromatic rings. The van der Waals surface area contributed by atoms with E-state index in [9.17, 15) is 0 Å². The molecule has 0 amide bonds.